The van der Waals surface area contributed by atoms with Crippen LogP contribution in [0.3, 0.4) is 0 Å². The Hall–Kier alpha value is -3.61. The first-order valence-electron chi connectivity index (χ1n) is 9.31. The Balaban J connectivity index is 1.68. The van der Waals surface area contributed by atoms with Crippen molar-refractivity contribution in [2.75, 3.05) is 12.4 Å². The zero-order valence-corrected chi connectivity index (χ0v) is 16.6. The fourth-order valence-electron chi connectivity index (χ4n) is 2.70. The number of rotatable bonds is 7. The van der Waals surface area contributed by atoms with E-state index in [2.05, 4.69) is 17.3 Å². The summed E-state index contributed by atoms with van der Waals surface area (Å²) in [6.07, 6.45) is 1.51. The molecular formula is C22H23N3O4. The second kappa shape index (κ2) is 9.05. The Morgan fingerprint density at radius 2 is 1.79 bits per heavy atom. The number of ether oxygens (including phenoxy) is 2. The molecule has 1 amide bonds. The first kappa shape index (κ1) is 20.1. The molecule has 0 unspecified atom stereocenters. The van der Waals surface area contributed by atoms with Gasteiger partial charge in [-0.25, -0.2) is 9.48 Å². The molecule has 1 aromatic heterocycles. The molecule has 150 valence electrons. The molecule has 0 spiro atoms. The zero-order valence-electron chi connectivity index (χ0n) is 16.6. The van der Waals surface area contributed by atoms with Crippen molar-refractivity contribution in [3.8, 4) is 11.4 Å². The van der Waals surface area contributed by atoms with Crippen LogP contribution in [0.1, 0.15) is 29.9 Å². The number of methoxy groups -OCH3 is 1. The van der Waals surface area contributed by atoms with Crippen LogP contribution in [0.4, 0.5) is 5.69 Å². The molecule has 0 fully saturated rings. The number of anilines is 1. The summed E-state index contributed by atoms with van der Waals surface area (Å²) in [4.78, 5) is 24.9. The first-order valence-corrected chi connectivity index (χ1v) is 9.31. The van der Waals surface area contributed by atoms with Gasteiger partial charge in [0.15, 0.2) is 11.9 Å². The number of amides is 1. The molecule has 3 aromatic rings. The molecule has 7 nitrogen and oxygen atoms in total. The number of hydrogen-bond donors (Lipinski definition) is 1. The van der Waals surface area contributed by atoms with Crippen molar-refractivity contribution < 1.29 is 19.1 Å². The number of nitrogens with zero attached hydrogens (tertiary/aromatic N) is 2. The van der Waals surface area contributed by atoms with Crippen LogP contribution >= 0.6 is 0 Å². The Morgan fingerprint density at radius 1 is 1.10 bits per heavy atom. The van der Waals surface area contributed by atoms with E-state index in [4.69, 9.17) is 9.47 Å². The molecule has 0 saturated carbocycles. The molecule has 7 heteroatoms. The van der Waals surface area contributed by atoms with Crippen LogP contribution in [-0.4, -0.2) is 34.9 Å². The monoisotopic (exact) mass is 393 g/mol. The predicted molar refractivity (Wildman–Crippen MR) is 109 cm³/mol. The normalized spacial score (nSPS) is 11.6. The van der Waals surface area contributed by atoms with Gasteiger partial charge in [-0.2, -0.15) is 5.10 Å². The maximum absolute atomic E-state index is 12.6. The zero-order chi connectivity index (χ0) is 20.8. The standard InChI is InChI=1S/C22H23N3O4/c1-4-16-10-12-17(13-11-16)23-21(26)15(2)29-22(27)20-19(28-3)14-25(24-20)18-8-6-5-7-9-18/h5-15H,4H2,1-3H3,(H,23,26)/t15-/m0/s1. The smallest absolute Gasteiger partial charge is 0.363 e. The highest BCUT2D eigenvalue weighted by Crippen LogP contribution is 2.21. The molecule has 0 aliphatic heterocycles. The molecule has 1 heterocycles. The number of esters is 1. The summed E-state index contributed by atoms with van der Waals surface area (Å²) in [5.74, 6) is -0.897. The van der Waals surface area contributed by atoms with Crippen molar-refractivity contribution >= 4 is 17.6 Å². The van der Waals surface area contributed by atoms with Crippen LogP contribution in [0.25, 0.3) is 5.69 Å². The predicted octanol–water partition coefficient (Wildman–Crippen LogP) is 3.63. The Kier molecular flexibility index (Phi) is 6.29. The van der Waals surface area contributed by atoms with Crippen molar-refractivity contribution in [2.45, 2.75) is 26.4 Å². The molecule has 1 N–H and O–H groups in total. The van der Waals surface area contributed by atoms with Crippen molar-refractivity contribution in [3.63, 3.8) is 0 Å². The number of benzene rings is 2. The number of hydrogen-bond acceptors (Lipinski definition) is 5. The molecule has 0 radical (unpaired) electrons. The van der Waals surface area contributed by atoms with Crippen LogP contribution in [0.5, 0.6) is 5.75 Å². The summed E-state index contributed by atoms with van der Waals surface area (Å²) in [5, 5.41) is 6.99. The van der Waals surface area contributed by atoms with E-state index < -0.39 is 18.0 Å². The molecule has 3 rings (SSSR count). The minimum absolute atomic E-state index is 0.00306. The van der Waals surface area contributed by atoms with E-state index in [0.29, 0.717) is 5.69 Å². The molecule has 1 atom stereocenters. The van der Waals surface area contributed by atoms with Gasteiger partial charge in [0, 0.05) is 5.69 Å². The van der Waals surface area contributed by atoms with E-state index in [0.717, 1.165) is 12.1 Å². The molecule has 0 bridgehead atoms. The Labute approximate surface area is 169 Å². The highest BCUT2D eigenvalue weighted by Gasteiger charge is 2.25. The van der Waals surface area contributed by atoms with Gasteiger partial charge in [0.05, 0.1) is 19.0 Å². The topological polar surface area (TPSA) is 82.5 Å². The lowest BCUT2D eigenvalue weighted by Gasteiger charge is -2.13. The van der Waals surface area contributed by atoms with Gasteiger partial charge >= 0.3 is 5.97 Å². The van der Waals surface area contributed by atoms with Gasteiger partial charge < -0.3 is 14.8 Å². The average Bonchev–Trinajstić information content (AvgIpc) is 3.19. The third kappa shape index (κ3) is 4.82. The SMILES string of the molecule is CCc1ccc(NC(=O)[C@H](C)OC(=O)c2nn(-c3ccccc3)cc2OC)cc1. The number of carbonyl (C=O) groups excluding carboxylic acids is 2. The lowest BCUT2D eigenvalue weighted by atomic mass is 10.1. The Bertz CT molecular complexity index is 981. The third-order valence-corrected chi connectivity index (χ3v) is 4.40. The van der Waals surface area contributed by atoms with Gasteiger partial charge in [0.2, 0.25) is 5.69 Å². The van der Waals surface area contributed by atoms with Gasteiger partial charge in [-0.05, 0) is 43.2 Å². The molecule has 0 aliphatic rings. The maximum atomic E-state index is 12.6. The summed E-state index contributed by atoms with van der Waals surface area (Å²) in [6.45, 7) is 3.57. The van der Waals surface area contributed by atoms with Crippen LogP contribution in [-0.2, 0) is 16.0 Å². The molecular weight excluding hydrogens is 370 g/mol. The minimum Gasteiger partial charge on any atom is -0.493 e. The number of aryl methyl sites for hydroxylation is 1. The summed E-state index contributed by atoms with van der Waals surface area (Å²) < 4.78 is 12.1. The van der Waals surface area contributed by atoms with Gasteiger partial charge in [0.1, 0.15) is 0 Å². The van der Waals surface area contributed by atoms with E-state index in [1.165, 1.54) is 24.3 Å². The van der Waals surface area contributed by atoms with Crippen LogP contribution in [0.2, 0.25) is 0 Å². The van der Waals surface area contributed by atoms with Crippen LogP contribution in [0, 0.1) is 0 Å². The van der Waals surface area contributed by atoms with Crippen molar-refractivity contribution in [1.29, 1.82) is 0 Å². The molecule has 2 aromatic carbocycles. The fourth-order valence-corrected chi connectivity index (χ4v) is 2.70. The summed E-state index contributed by atoms with van der Waals surface area (Å²) in [5.41, 5.74) is 2.58. The van der Waals surface area contributed by atoms with E-state index in [-0.39, 0.29) is 11.4 Å². The van der Waals surface area contributed by atoms with E-state index in [9.17, 15) is 9.59 Å². The summed E-state index contributed by atoms with van der Waals surface area (Å²) in [7, 11) is 1.44. The lowest BCUT2D eigenvalue weighted by Crippen LogP contribution is -2.30. The number of para-hydroxylation sites is 1. The average molecular weight is 393 g/mol. The molecule has 0 saturated heterocycles. The summed E-state index contributed by atoms with van der Waals surface area (Å²) >= 11 is 0. The minimum atomic E-state index is -1.00. The fraction of sp³-hybridized carbons (Fsp3) is 0.227. The quantitative estimate of drug-likeness (QED) is 0.620. The Morgan fingerprint density at radius 3 is 2.41 bits per heavy atom. The number of nitrogens with one attached hydrogen (secondary N) is 1. The van der Waals surface area contributed by atoms with E-state index in [1.54, 1.807) is 6.20 Å². The van der Waals surface area contributed by atoms with Crippen LogP contribution in [0.15, 0.2) is 60.8 Å². The van der Waals surface area contributed by atoms with Crippen molar-refractivity contribution in [3.05, 3.63) is 72.1 Å². The largest absolute Gasteiger partial charge is 0.493 e. The maximum Gasteiger partial charge on any atom is 0.363 e. The van der Waals surface area contributed by atoms with Crippen molar-refractivity contribution in [2.24, 2.45) is 0 Å². The molecule has 0 aliphatic carbocycles. The molecule has 29 heavy (non-hydrogen) atoms. The highest BCUT2D eigenvalue weighted by molar-refractivity contribution is 5.97. The second-order valence-corrected chi connectivity index (χ2v) is 6.41. The number of carbonyl (C=O) groups is 2. The summed E-state index contributed by atoms with van der Waals surface area (Å²) in [6, 6.07) is 16.8. The van der Waals surface area contributed by atoms with Gasteiger partial charge in [0.25, 0.3) is 5.91 Å². The first-order chi connectivity index (χ1) is 14.0. The highest BCUT2D eigenvalue weighted by atomic mass is 16.6. The van der Waals surface area contributed by atoms with E-state index in [1.807, 2.05) is 54.6 Å². The van der Waals surface area contributed by atoms with Gasteiger partial charge in [-0.3, -0.25) is 4.79 Å². The lowest BCUT2D eigenvalue weighted by molar-refractivity contribution is -0.123. The number of aromatic nitrogens is 2. The third-order valence-electron chi connectivity index (χ3n) is 4.40. The van der Waals surface area contributed by atoms with Gasteiger partial charge in [-0.15, -0.1) is 0 Å². The van der Waals surface area contributed by atoms with Crippen LogP contribution < -0.4 is 10.1 Å². The van der Waals surface area contributed by atoms with Gasteiger partial charge in [-0.1, -0.05) is 37.3 Å². The second-order valence-electron chi connectivity index (χ2n) is 6.41. The van der Waals surface area contributed by atoms with E-state index >= 15 is 0 Å². The van der Waals surface area contributed by atoms with Crippen molar-refractivity contribution in [1.82, 2.24) is 9.78 Å².